The summed E-state index contributed by atoms with van der Waals surface area (Å²) in [5.74, 6) is 0.245. The second kappa shape index (κ2) is 6.24. The summed E-state index contributed by atoms with van der Waals surface area (Å²) >= 11 is 0. The van der Waals surface area contributed by atoms with Crippen molar-refractivity contribution >= 4 is 5.91 Å². The Hall–Kier alpha value is -1.92. The molecule has 0 spiro atoms. The van der Waals surface area contributed by atoms with Crippen molar-refractivity contribution in [3.8, 4) is 11.5 Å². The summed E-state index contributed by atoms with van der Waals surface area (Å²) in [7, 11) is 0. The van der Waals surface area contributed by atoms with Crippen LogP contribution in [0.4, 0.5) is 13.2 Å². The van der Waals surface area contributed by atoms with Crippen LogP contribution < -0.4 is 14.8 Å². The van der Waals surface area contributed by atoms with Crippen molar-refractivity contribution in [2.24, 2.45) is 5.92 Å². The van der Waals surface area contributed by atoms with Crippen LogP contribution >= 0.6 is 0 Å². The molecule has 0 aliphatic heterocycles. The smallest absolute Gasteiger partial charge is 0.422 e. The van der Waals surface area contributed by atoms with Gasteiger partial charge in [-0.15, -0.1) is 0 Å². The fourth-order valence-electron chi connectivity index (χ4n) is 1.76. The summed E-state index contributed by atoms with van der Waals surface area (Å²) in [6.45, 7) is 0.362. The van der Waals surface area contributed by atoms with Gasteiger partial charge in [0.1, 0.15) is 0 Å². The highest BCUT2D eigenvalue weighted by molar-refractivity contribution is 5.78. The molecule has 4 nitrogen and oxygen atoms in total. The van der Waals surface area contributed by atoms with E-state index in [9.17, 15) is 18.0 Å². The number of carbonyl (C=O) groups excluding carboxylic acids is 1. The molecule has 7 heteroatoms. The van der Waals surface area contributed by atoms with Crippen molar-refractivity contribution in [1.29, 1.82) is 0 Å². The molecule has 1 aromatic carbocycles. The van der Waals surface area contributed by atoms with Gasteiger partial charge in [0.15, 0.2) is 24.7 Å². The highest BCUT2D eigenvalue weighted by Crippen LogP contribution is 2.30. The van der Waals surface area contributed by atoms with E-state index in [0.717, 1.165) is 6.42 Å². The Morgan fingerprint density at radius 3 is 2.38 bits per heavy atom. The van der Waals surface area contributed by atoms with E-state index >= 15 is 0 Å². The minimum Gasteiger partial charge on any atom is -0.480 e. The van der Waals surface area contributed by atoms with Gasteiger partial charge in [0, 0.05) is 6.04 Å². The summed E-state index contributed by atoms with van der Waals surface area (Å²) in [4.78, 5) is 11.6. The van der Waals surface area contributed by atoms with Crippen molar-refractivity contribution in [2.45, 2.75) is 25.6 Å². The van der Waals surface area contributed by atoms with E-state index in [0.29, 0.717) is 5.92 Å². The van der Waals surface area contributed by atoms with Crippen LogP contribution in [0.5, 0.6) is 11.5 Å². The highest BCUT2D eigenvalue weighted by Gasteiger charge is 2.33. The first-order valence-corrected chi connectivity index (χ1v) is 6.56. The van der Waals surface area contributed by atoms with Crippen molar-refractivity contribution in [3.63, 3.8) is 0 Å². The fourth-order valence-corrected chi connectivity index (χ4v) is 1.76. The average molecular weight is 303 g/mol. The highest BCUT2D eigenvalue weighted by atomic mass is 19.4. The fraction of sp³-hybridized carbons (Fsp3) is 0.500. The molecule has 0 saturated heterocycles. The van der Waals surface area contributed by atoms with E-state index < -0.39 is 12.8 Å². The van der Waals surface area contributed by atoms with Crippen LogP contribution in [0.25, 0.3) is 0 Å². The predicted molar refractivity (Wildman–Crippen MR) is 69.2 cm³/mol. The van der Waals surface area contributed by atoms with E-state index in [1.807, 2.05) is 6.92 Å². The first-order valence-electron chi connectivity index (χ1n) is 6.56. The molecule has 2 rings (SSSR count). The second-order valence-corrected chi connectivity index (χ2v) is 5.03. The van der Waals surface area contributed by atoms with Gasteiger partial charge >= 0.3 is 6.18 Å². The largest absolute Gasteiger partial charge is 0.480 e. The summed E-state index contributed by atoms with van der Waals surface area (Å²) in [6.07, 6.45) is -3.48. The molecular weight excluding hydrogens is 287 g/mol. The zero-order valence-corrected chi connectivity index (χ0v) is 11.4. The Morgan fingerprint density at radius 2 is 1.86 bits per heavy atom. The number of benzene rings is 1. The molecule has 0 aromatic heterocycles. The number of hydrogen-bond acceptors (Lipinski definition) is 3. The number of carbonyl (C=O) groups is 1. The van der Waals surface area contributed by atoms with Crippen LogP contribution in [0.3, 0.4) is 0 Å². The van der Waals surface area contributed by atoms with Gasteiger partial charge in [-0.1, -0.05) is 19.1 Å². The lowest BCUT2D eigenvalue weighted by Crippen LogP contribution is -2.31. The lowest BCUT2D eigenvalue weighted by molar-refractivity contribution is -0.153. The maximum absolute atomic E-state index is 12.1. The van der Waals surface area contributed by atoms with Gasteiger partial charge in [0.05, 0.1) is 0 Å². The maximum Gasteiger partial charge on any atom is 0.422 e. The van der Waals surface area contributed by atoms with Crippen molar-refractivity contribution in [1.82, 2.24) is 5.32 Å². The molecule has 1 aliphatic carbocycles. The molecule has 2 atom stereocenters. The SMILES string of the molecule is CC1CC1NC(=O)COc1ccccc1OCC(F)(F)F. The second-order valence-electron chi connectivity index (χ2n) is 5.03. The monoisotopic (exact) mass is 303 g/mol. The number of hydrogen-bond donors (Lipinski definition) is 1. The third kappa shape index (κ3) is 5.17. The Morgan fingerprint density at radius 1 is 1.29 bits per heavy atom. The normalized spacial score (nSPS) is 20.8. The van der Waals surface area contributed by atoms with E-state index in [-0.39, 0.29) is 30.1 Å². The van der Waals surface area contributed by atoms with Crippen molar-refractivity contribution in [3.05, 3.63) is 24.3 Å². The molecule has 1 aromatic rings. The third-order valence-corrected chi connectivity index (χ3v) is 3.06. The molecule has 1 saturated carbocycles. The Bertz CT molecular complexity index is 504. The number of para-hydroxylation sites is 2. The number of amides is 1. The predicted octanol–water partition coefficient (Wildman–Crippen LogP) is 2.53. The topological polar surface area (TPSA) is 47.6 Å². The van der Waals surface area contributed by atoms with Gasteiger partial charge < -0.3 is 14.8 Å². The first-order chi connectivity index (χ1) is 9.85. The first kappa shape index (κ1) is 15.5. The van der Waals surface area contributed by atoms with E-state index in [1.54, 1.807) is 6.07 Å². The molecule has 21 heavy (non-hydrogen) atoms. The molecule has 0 radical (unpaired) electrons. The van der Waals surface area contributed by atoms with E-state index in [1.165, 1.54) is 18.2 Å². The molecule has 2 unspecified atom stereocenters. The lowest BCUT2D eigenvalue weighted by atomic mass is 10.3. The molecule has 1 aliphatic rings. The standard InChI is InChI=1S/C14H16F3NO3/c1-9-6-10(9)18-13(19)7-20-11-4-2-3-5-12(11)21-8-14(15,16)17/h2-5,9-10H,6-8H2,1H3,(H,18,19). The molecular formula is C14H16F3NO3. The zero-order valence-electron chi connectivity index (χ0n) is 11.4. The van der Waals surface area contributed by atoms with Gasteiger partial charge in [-0.3, -0.25) is 4.79 Å². The number of rotatable bonds is 6. The van der Waals surface area contributed by atoms with Crippen LogP contribution in [-0.2, 0) is 4.79 Å². The van der Waals surface area contributed by atoms with Crippen molar-refractivity contribution in [2.75, 3.05) is 13.2 Å². The summed E-state index contributed by atoms with van der Waals surface area (Å²) < 4.78 is 46.3. The van der Waals surface area contributed by atoms with Gasteiger partial charge in [-0.2, -0.15) is 13.2 Å². The van der Waals surface area contributed by atoms with Crippen molar-refractivity contribution < 1.29 is 27.4 Å². The van der Waals surface area contributed by atoms with Crippen LogP contribution in [-0.4, -0.2) is 31.3 Å². The van der Waals surface area contributed by atoms with Crippen LogP contribution in [0.15, 0.2) is 24.3 Å². The number of alkyl halides is 3. The minimum absolute atomic E-state index is 0.0394. The summed E-state index contributed by atoms with van der Waals surface area (Å²) in [5, 5.41) is 2.76. The Labute approximate surface area is 120 Å². The zero-order chi connectivity index (χ0) is 15.5. The molecule has 0 heterocycles. The van der Waals surface area contributed by atoms with Crippen LogP contribution in [0.1, 0.15) is 13.3 Å². The molecule has 0 bridgehead atoms. The molecule has 1 amide bonds. The van der Waals surface area contributed by atoms with Gasteiger partial charge in [0.2, 0.25) is 0 Å². The number of ether oxygens (including phenoxy) is 2. The molecule has 1 fully saturated rings. The van der Waals surface area contributed by atoms with Gasteiger partial charge in [-0.25, -0.2) is 0 Å². The average Bonchev–Trinajstić information content (AvgIpc) is 3.09. The summed E-state index contributed by atoms with van der Waals surface area (Å²) in [5.41, 5.74) is 0. The van der Waals surface area contributed by atoms with Gasteiger partial charge in [-0.05, 0) is 24.5 Å². The van der Waals surface area contributed by atoms with Crippen LogP contribution in [0.2, 0.25) is 0 Å². The van der Waals surface area contributed by atoms with E-state index in [4.69, 9.17) is 4.74 Å². The number of halogens is 3. The summed E-state index contributed by atoms with van der Waals surface area (Å²) in [6, 6.07) is 6.12. The lowest BCUT2D eigenvalue weighted by Gasteiger charge is -2.13. The molecule has 1 N–H and O–H groups in total. The Kier molecular flexibility index (Phi) is 4.59. The Balaban J connectivity index is 1.85. The third-order valence-electron chi connectivity index (χ3n) is 3.06. The van der Waals surface area contributed by atoms with E-state index in [2.05, 4.69) is 10.1 Å². The minimum atomic E-state index is -4.42. The maximum atomic E-state index is 12.1. The quantitative estimate of drug-likeness (QED) is 0.878. The molecule has 116 valence electrons. The van der Waals surface area contributed by atoms with Gasteiger partial charge in [0.25, 0.3) is 5.91 Å². The number of nitrogens with one attached hydrogen (secondary N) is 1. The van der Waals surface area contributed by atoms with Crippen LogP contribution in [0, 0.1) is 5.92 Å².